The zero-order chi connectivity index (χ0) is 15.1. The summed E-state index contributed by atoms with van der Waals surface area (Å²) in [5.74, 6) is -0.259. The number of esters is 1. The average molecular weight is 317 g/mol. The lowest BCUT2D eigenvalue weighted by Crippen LogP contribution is -1.96. The van der Waals surface area contributed by atoms with Crippen molar-refractivity contribution in [2.45, 2.75) is 6.92 Å². The standard InChI is InChI=1S/C10H9NS.C6H6O2S/c1-8-9(4-2-6-11-8)10-5-3-7-12-10;1-8-6(7)5-3-2-4-9-5/h2-7H,1H3;2-4H,1H3. The zero-order valence-corrected chi connectivity index (χ0v) is 13.4. The number of pyridine rings is 1. The molecule has 0 atom stereocenters. The van der Waals surface area contributed by atoms with Crippen LogP contribution < -0.4 is 0 Å². The monoisotopic (exact) mass is 317 g/mol. The van der Waals surface area contributed by atoms with Crippen LogP contribution in [-0.4, -0.2) is 18.1 Å². The van der Waals surface area contributed by atoms with E-state index in [1.807, 2.05) is 30.6 Å². The van der Waals surface area contributed by atoms with Gasteiger partial charge in [-0.3, -0.25) is 4.98 Å². The van der Waals surface area contributed by atoms with Gasteiger partial charge in [0.1, 0.15) is 4.88 Å². The van der Waals surface area contributed by atoms with Crippen molar-refractivity contribution in [3.63, 3.8) is 0 Å². The Morgan fingerprint density at radius 1 is 1.10 bits per heavy atom. The van der Waals surface area contributed by atoms with Crippen molar-refractivity contribution in [2.24, 2.45) is 0 Å². The third kappa shape index (κ3) is 4.24. The van der Waals surface area contributed by atoms with Crippen LogP contribution in [0.5, 0.6) is 0 Å². The molecular weight excluding hydrogens is 302 g/mol. The number of methoxy groups -OCH3 is 1. The van der Waals surface area contributed by atoms with Gasteiger partial charge in [-0.25, -0.2) is 4.79 Å². The maximum Gasteiger partial charge on any atom is 0.348 e. The van der Waals surface area contributed by atoms with Crippen molar-refractivity contribution in [1.82, 2.24) is 4.98 Å². The molecule has 3 aromatic heterocycles. The summed E-state index contributed by atoms with van der Waals surface area (Å²) in [6.07, 6.45) is 1.83. The Labute approximate surface area is 131 Å². The molecule has 0 amide bonds. The molecule has 0 bridgehead atoms. The first kappa shape index (κ1) is 15.4. The maximum atomic E-state index is 10.7. The minimum Gasteiger partial charge on any atom is -0.465 e. The Bertz CT molecular complexity index is 676. The molecule has 0 fully saturated rings. The van der Waals surface area contributed by atoms with Gasteiger partial charge >= 0.3 is 5.97 Å². The van der Waals surface area contributed by atoms with Crippen LogP contribution in [0.3, 0.4) is 0 Å². The fourth-order valence-electron chi connectivity index (χ4n) is 1.67. The number of aryl methyl sites for hydroxylation is 1. The van der Waals surface area contributed by atoms with Gasteiger partial charge in [0.15, 0.2) is 0 Å². The molecule has 5 heteroatoms. The van der Waals surface area contributed by atoms with E-state index in [-0.39, 0.29) is 5.97 Å². The molecule has 0 N–H and O–H groups in total. The summed E-state index contributed by atoms with van der Waals surface area (Å²) < 4.78 is 4.47. The molecule has 0 saturated carbocycles. The highest BCUT2D eigenvalue weighted by molar-refractivity contribution is 7.13. The zero-order valence-electron chi connectivity index (χ0n) is 11.8. The topological polar surface area (TPSA) is 39.2 Å². The first-order valence-electron chi connectivity index (χ1n) is 6.29. The Morgan fingerprint density at radius 3 is 2.43 bits per heavy atom. The van der Waals surface area contributed by atoms with Crippen molar-refractivity contribution in [3.05, 3.63) is 63.9 Å². The van der Waals surface area contributed by atoms with Crippen LogP contribution in [-0.2, 0) is 4.74 Å². The lowest BCUT2D eigenvalue weighted by molar-refractivity contribution is 0.0606. The van der Waals surface area contributed by atoms with E-state index in [0.717, 1.165) is 5.69 Å². The number of carbonyl (C=O) groups is 1. The average Bonchev–Trinajstić information content (AvgIpc) is 3.21. The predicted molar refractivity (Wildman–Crippen MR) is 87.9 cm³/mol. The van der Waals surface area contributed by atoms with Crippen LogP contribution in [0.25, 0.3) is 10.4 Å². The molecule has 0 saturated heterocycles. The van der Waals surface area contributed by atoms with Crippen molar-refractivity contribution in [3.8, 4) is 10.4 Å². The number of carbonyl (C=O) groups excluding carboxylic acids is 1. The number of nitrogens with zero attached hydrogens (tertiary/aromatic N) is 1. The largest absolute Gasteiger partial charge is 0.465 e. The van der Waals surface area contributed by atoms with E-state index in [4.69, 9.17) is 0 Å². The fraction of sp³-hybridized carbons (Fsp3) is 0.125. The van der Waals surface area contributed by atoms with Gasteiger partial charge in [0.05, 0.1) is 7.11 Å². The molecule has 0 radical (unpaired) electrons. The minimum absolute atomic E-state index is 0.259. The Kier molecular flexibility index (Phi) is 5.66. The quantitative estimate of drug-likeness (QED) is 0.646. The molecule has 0 aliphatic heterocycles. The van der Waals surface area contributed by atoms with E-state index in [1.54, 1.807) is 17.4 Å². The molecule has 3 heterocycles. The Balaban J connectivity index is 0.000000161. The van der Waals surface area contributed by atoms with Crippen molar-refractivity contribution >= 4 is 28.6 Å². The number of thiophene rings is 2. The summed E-state index contributed by atoms with van der Waals surface area (Å²) in [5.41, 5.74) is 2.34. The first-order chi connectivity index (χ1) is 10.2. The van der Waals surface area contributed by atoms with Gasteiger partial charge < -0.3 is 4.74 Å². The second-order valence-electron chi connectivity index (χ2n) is 4.08. The number of hydrogen-bond acceptors (Lipinski definition) is 5. The first-order valence-corrected chi connectivity index (χ1v) is 8.05. The van der Waals surface area contributed by atoms with Gasteiger partial charge in [-0.2, -0.15) is 0 Å². The summed E-state index contributed by atoms with van der Waals surface area (Å²) in [4.78, 5) is 16.8. The minimum atomic E-state index is -0.259. The molecule has 3 aromatic rings. The van der Waals surface area contributed by atoms with Crippen molar-refractivity contribution < 1.29 is 9.53 Å². The van der Waals surface area contributed by atoms with E-state index in [2.05, 4.69) is 33.3 Å². The molecule has 0 aromatic carbocycles. The second kappa shape index (κ2) is 7.71. The van der Waals surface area contributed by atoms with Crippen LogP contribution in [0.4, 0.5) is 0 Å². The third-order valence-corrected chi connectivity index (χ3v) is 4.45. The van der Waals surface area contributed by atoms with E-state index < -0.39 is 0 Å². The van der Waals surface area contributed by atoms with Crippen LogP contribution >= 0.6 is 22.7 Å². The van der Waals surface area contributed by atoms with E-state index in [1.165, 1.54) is 28.9 Å². The van der Waals surface area contributed by atoms with Crippen molar-refractivity contribution in [1.29, 1.82) is 0 Å². The van der Waals surface area contributed by atoms with Gasteiger partial charge in [0, 0.05) is 22.3 Å². The summed E-state index contributed by atoms with van der Waals surface area (Å²) in [6, 6.07) is 11.8. The molecule has 0 aliphatic carbocycles. The third-order valence-electron chi connectivity index (χ3n) is 2.70. The molecule has 108 valence electrons. The predicted octanol–water partition coefficient (Wildman–Crippen LogP) is 4.65. The van der Waals surface area contributed by atoms with Crippen LogP contribution in [0.15, 0.2) is 53.4 Å². The number of aromatic nitrogens is 1. The summed E-state index contributed by atoms with van der Waals surface area (Å²) in [5, 5.41) is 3.92. The molecular formula is C16H15NO2S2. The highest BCUT2D eigenvalue weighted by Gasteiger charge is 2.03. The van der Waals surface area contributed by atoms with E-state index in [0.29, 0.717) is 4.88 Å². The summed E-state index contributed by atoms with van der Waals surface area (Å²) in [6.45, 7) is 2.04. The normalized spacial score (nSPS) is 9.62. The SMILES string of the molecule is COC(=O)c1cccs1.Cc1ncccc1-c1cccs1. The molecule has 3 nitrogen and oxygen atoms in total. The lowest BCUT2D eigenvalue weighted by atomic mass is 10.2. The highest BCUT2D eigenvalue weighted by atomic mass is 32.1. The smallest absolute Gasteiger partial charge is 0.348 e. The second-order valence-corrected chi connectivity index (χ2v) is 5.98. The van der Waals surface area contributed by atoms with Gasteiger partial charge in [0.25, 0.3) is 0 Å². The Morgan fingerprint density at radius 2 is 1.86 bits per heavy atom. The number of ether oxygens (including phenoxy) is 1. The van der Waals surface area contributed by atoms with Gasteiger partial charge in [-0.15, -0.1) is 22.7 Å². The van der Waals surface area contributed by atoms with Crippen LogP contribution in [0.1, 0.15) is 15.4 Å². The van der Waals surface area contributed by atoms with Crippen LogP contribution in [0, 0.1) is 6.92 Å². The van der Waals surface area contributed by atoms with Crippen LogP contribution in [0.2, 0.25) is 0 Å². The van der Waals surface area contributed by atoms with Gasteiger partial charge in [-0.05, 0) is 35.9 Å². The van der Waals surface area contributed by atoms with E-state index >= 15 is 0 Å². The molecule has 21 heavy (non-hydrogen) atoms. The molecule has 0 unspecified atom stereocenters. The van der Waals surface area contributed by atoms with Gasteiger partial charge in [-0.1, -0.05) is 18.2 Å². The van der Waals surface area contributed by atoms with Crippen molar-refractivity contribution in [2.75, 3.05) is 7.11 Å². The maximum absolute atomic E-state index is 10.7. The summed E-state index contributed by atoms with van der Waals surface area (Å²) in [7, 11) is 1.38. The lowest BCUT2D eigenvalue weighted by Gasteiger charge is -1.99. The Hall–Kier alpha value is -1.98. The molecule has 0 spiro atoms. The van der Waals surface area contributed by atoms with Gasteiger partial charge in [0.2, 0.25) is 0 Å². The van der Waals surface area contributed by atoms with E-state index in [9.17, 15) is 4.79 Å². The molecule has 0 aliphatic rings. The fourth-order valence-corrected chi connectivity index (χ4v) is 3.12. The number of rotatable bonds is 2. The highest BCUT2D eigenvalue weighted by Crippen LogP contribution is 2.25. The molecule has 3 rings (SSSR count). The summed E-state index contributed by atoms with van der Waals surface area (Å²) >= 11 is 3.13. The number of hydrogen-bond donors (Lipinski definition) is 0.